The van der Waals surface area contributed by atoms with Crippen molar-refractivity contribution in [1.29, 1.82) is 0 Å². The van der Waals surface area contributed by atoms with Gasteiger partial charge in [0, 0.05) is 18.5 Å². The number of carbonyl (C=O) groups excluding carboxylic acids is 1. The van der Waals surface area contributed by atoms with Gasteiger partial charge < -0.3 is 4.98 Å². The van der Waals surface area contributed by atoms with E-state index in [1.165, 1.54) is 10.7 Å². The Hall–Kier alpha value is -3.75. The van der Waals surface area contributed by atoms with E-state index in [0.717, 1.165) is 15.7 Å². The number of hydrogen-bond donors (Lipinski definition) is 2. The number of anilines is 1. The number of para-hydroxylation sites is 2. The third kappa shape index (κ3) is 3.02. The highest BCUT2D eigenvalue weighted by Crippen LogP contribution is 2.13. The minimum absolute atomic E-state index is 0.231. The fraction of sp³-hybridized carbons (Fsp3) is 0.0625. The summed E-state index contributed by atoms with van der Waals surface area (Å²) in [5.41, 5.74) is 1.18. The zero-order valence-electron chi connectivity index (χ0n) is 13.0. The summed E-state index contributed by atoms with van der Waals surface area (Å²) in [6.07, 6.45) is 3.30. The molecule has 0 atom stereocenters. The smallest absolute Gasteiger partial charge is 0.267 e. The van der Waals surface area contributed by atoms with E-state index in [4.69, 9.17) is 0 Å². The molecular weight excluding hydrogens is 322 g/mol. The third-order valence-corrected chi connectivity index (χ3v) is 3.53. The number of H-pyrrole nitrogens is 1. The highest BCUT2D eigenvalue weighted by Gasteiger charge is 2.10. The number of benzene rings is 1. The summed E-state index contributed by atoms with van der Waals surface area (Å²) in [4.78, 5) is 31.4. The monoisotopic (exact) mass is 335 g/mol. The summed E-state index contributed by atoms with van der Waals surface area (Å²) in [6, 6.07) is 12.1. The number of aromatic amines is 1. The van der Waals surface area contributed by atoms with Gasteiger partial charge in [-0.15, -0.1) is 5.10 Å². The fourth-order valence-electron chi connectivity index (χ4n) is 2.40. The topological polar surface area (TPSA) is 110 Å². The number of fused-ring (bicyclic) bond motifs is 1. The van der Waals surface area contributed by atoms with E-state index in [-0.39, 0.29) is 12.1 Å². The molecule has 4 rings (SSSR count). The number of imidazole rings is 1. The summed E-state index contributed by atoms with van der Waals surface area (Å²) in [5, 5.41) is 10.8. The van der Waals surface area contributed by atoms with Crippen LogP contribution in [0.5, 0.6) is 0 Å². The summed E-state index contributed by atoms with van der Waals surface area (Å²) < 4.78 is 2.59. The lowest BCUT2D eigenvalue weighted by Crippen LogP contribution is -2.30. The molecule has 0 radical (unpaired) electrons. The Kier molecular flexibility index (Phi) is 3.58. The number of aromatic nitrogens is 6. The molecule has 3 aromatic heterocycles. The van der Waals surface area contributed by atoms with Crippen LogP contribution in [0.1, 0.15) is 0 Å². The van der Waals surface area contributed by atoms with Crippen LogP contribution in [0.15, 0.2) is 59.7 Å². The standard InChI is InChI=1S/C16H13N7O2/c24-14(20-16-18-11-4-1-2-5-12(11)19-16)10-23-15(25)7-6-13(21-23)22-9-3-8-17-22/h1-9H,10H2,(H2,18,19,20,24). The Balaban J connectivity index is 1.54. The van der Waals surface area contributed by atoms with Gasteiger partial charge in [0.2, 0.25) is 11.9 Å². The van der Waals surface area contributed by atoms with Gasteiger partial charge in [0.05, 0.1) is 11.0 Å². The summed E-state index contributed by atoms with van der Waals surface area (Å²) in [5.74, 6) is 0.356. The lowest BCUT2D eigenvalue weighted by atomic mass is 10.3. The number of rotatable bonds is 4. The van der Waals surface area contributed by atoms with Gasteiger partial charge >= 0.3 is 0 Å². The maximum atomic E-state index is 12.2. The molecule has 0 aliphatic carbocycles. The minimum atomic E-state index is -0.411. The van der Waals surface area contributed by atoms with Gasteiger partial charge in [-0.3, -0.25) is 14.9 Å². The lowest BCUT2D eigenvalue weighted by molar-refractivity contribution is -0.117. The molecule has 2 N–H and O–H groups in total. The predicted octanol–water partition coefficient (Wildman–Crippen LogP) is 0.944. The van der Waals surface area contributed by atoms with E-state index < -0.39 is 5.91 Å². The van der Waals surface area contributed by atoms with E-state index in [1.54, 1.807) is 24.5 Å². The van der Waals surface area contributed by atoms with Crippen molar-refractivity contribution in [2.24, 2.45) is 0 Å². The number of nitrogens with zero attached hydrogens (tertiary/aromatic N) is 5. The van der Waals surface area contributed by atoms with Gasteiger partial charge in [-0.25, -0.2) is 14.3 Å². The molecule has 0 saturated heterocycles. The molecule has 0 aliphatic heterocycles. The van der Waals surface area contributed by atoms with Crippen molar-refractivity contribution < 1.29 is 4.79 Å². The maximum Gasteiger partial charge on any atom is 0.267 e. The van der Waals surface area contributed by atoms with Crippen molar-refractivity contribution in [2.75, 3.05) is 5.32 Å². The zero-order chi connectivity index (χ0) is 17.2. The van der Waals surface area contributed by atoms with E-state index in [0.29, 0.717) is 11.8 Å². The Labute approximate surface area is 140 Å². The first-order valence-electron chi connectivity index (χ1n) is 7.52. The summed E-state index contributed by atoms with van der Waals surface area (Å²) in [6.45, 7) is -0.231. The maximum absolute atomic E-state index is 12.2. The summed E-state index contributed by atoms with van der Waals surface area (Å²) >= 11 is 0. The number of hydrogen-bond acceptors (Lipinski definition) is 5. The van der Waals surface area contributed by atoms with Gasteiger partial charge in [-0.05, 0) is 24.3 Å². The van der Waals surface area contributed by atoms with Crippen LogP contribution in [0.3, 0.4) is 0 Å². The van der Waals surface area contributed by atoms with Crippen molar-refractivity contribution >= 4 is 22.9 Å². The van der Waals surface area contributed by atoms with Crippen molar-refractivity contribution in [3.63, 3.8) is 0 Å². The van der Waals surface area contributed by atoms with E-state index in [9.17, 15) is 9.59 Å². The van der Waals surface area contributed by atoms with Crippen LogP contribution in [0.4, 0.5) is 5.95 Å². The normalized spacial score (nSPS) is 10.9. The van der Waals surface area contributed by atoms with Crippen molar-refractivity contribution in [2.45, 2.75) is 6.54 Å². The van der Waals surface area contributed by atoms with Crippen LogP contribution in [0, 0.1) is 0 Å². The second kappa shape index (κ2) is 6.04. The quantitative estimate of drug-likeness (QED) is 0.577. The molecule has 0 aliphatic rings. The molecular formula is C16H13N7O2. The van der Waals surface area contributed by atoms with Gasteiger partial charge in [-0.1, -0.05) is 12.1 Å². The molecule has 4 aromatic rings. The number of amides is 1. The molecule has 0 fully saturated rings. The largest absolute Gasteiger partial charge is 0.324 e. The first-order chi connectivity index (χ1) is 12.2. The minimum Gasteiger partial charge on any atom is -0.324 e. The van der Waals surface area contributed by atoms with Gasteiger partial charge in [0.1, 0.15) is 6.54 Å². The first kappa shape index (κ1) is 14.8. The van der Waals surface area contributed by atoms with Gasteiger partial charge in [0.25, 0.3) is 5.56 Å². The Morgan fingerprint density at radius 1 is 1.16 bits per heavy atom. The SMILES string of the molecule is O=C(Cn1nc(-n2cccn2)ccc1=O)Nc1nc2ccccc2[nH]1. The molecule has 0 bridgehead atoms. The van der Waals surface area contributed by atoms with E-state index in [2.05, 4.69) is 25.5 Å². The molecule has 0 spiro atoms. The second-order valence-electron chi connectivity index (χ2n) is 5.29. The number of carbonyl (C=O) groups is 1. The van der Waals surface area contributed by atoms with Crippen molar-refractivity contribution in [3.05, 3.63) is 65.2 Å². The summed E-state index contributed by atoms with van der Waals surface area (Å²) in [7, 11) is 0. The van der Waals surface area contributed by atoms with Crippen LogP contribution in [0.2, 0.25) is 0 Å². The Morgan fingerprint density at radius 3 is 2.84 bits per heavy atom. The Morgan fingerprint density at radius 2 is 2.04 bits per heavy atom. The van der Waals surface area contributed by atoms with Crippen molar-refractivity contribution in [3.8, 4) is 5.82 Å². The molecule has 124 valence electrons. The Bertz CT molecular complexity index is 1060. The molecule has 1 aromatic carbocycles. The van der Waals surface area contributed by atoms with Crippen LogP contribution in [-0.4, -0.2) is 35.4 Å². The molecule has 1 amide bonds. The van der Waals surface area contributed by atoms with Crippen LogP contribution < -0.4 is 10.9 Å². The van der Waals surface area contributed by atoms with E-state index in [1.807, 2.05) is 24.3 Å². The van der Waals surface area contributed by atoms with Crippen LogP contribution in [0.25, 0.3) is 16.9 Å². The lowest BCUT2D eigenvalue weighted by Gasteiger charge is -2.06. The van der Waals surface area contributed by atoms with Crippen LogP contribution >= 0.6 is 0 Å². The first-order valence-corrected chi connectivity index (χ1v) is 7.52. The van der Waals surface area contributed by atoms with Crippen molar-refractivity contribution in [1.82, 2.24) is 29.5 Å². The highest BCUT2D eigenvalue weighted by molar-refractivity contribution is 5.90. The second-order valence-corrected chi connectivity index (χ2v) is 5.29. The van der Waals surface area contributed by atoms with E-state index >= 15 is 0 Å². The van der Waals surface area contributed by atoms with Crippen LogP contribution in [-0.2, 0) is 11.3 Å². The molecule has 9 heteroatoms. The number of nitrogens with one attached hydrogen (secondary N) is 2. The highest BCUT2D eigenvalue weighted by atomic mass is 16.2. The average Bonchev–Trinajstić information content (AvgIpc) is 3.25. The fourth-order valence-corrected chi connectivity index (χ4v) is 2.40. The predicted molar refractivity (Wildman–Crippen MR) is 90.3 cm³/mol. The molecule has 3 heterocycles. The van der Waals surface area contributed by atoms with Gasteiger partial charge in [-0.2, -0.15) is 5.10 Å². The average molecular weight is 335 g/mol. The van der Waals surface area contributed by atoms with Gasteiger partial charge in [0.15, 0.2) is 5.82 Å². The molecule has 25 heavy (non-hydrogen) atoms. The third-order valence-electron chi connectivity index (χ3n) is 3.53. The molecule has 0 saturated carbocycles. The molecule has 9 nitrogen and oxygen atoms in total. The zero-order valence-corrected chi connectivity index (χ0v) is 13.0. The molecule has 0 unspecified atom stereocenters.